The Morgan fingerprint density at radius 1 is 0.697 bits per heavy atom. The van der Waals surface area contributed by atoms with Crippen LogP contribution in [0.25, 0.3) is 0 Å². The average Bonchev–Trinajstić information content (AvgIpc) is 2.82. The molecule has 0 amide bonds. The topological polar surface area (TPSA) is 92.7 Å². The molecule has 9 heteroatoms. The van der Waals surface area contributed by atoms with Crippen LogP contribution in [0.2, 0.25) is 0 Å². The summed E-state index contributed by atoms with van der Waals surface area (Å²) in [6, 6.07) is 13.5. The summed E-state index contributed by atoms with van der Waals surface area (Å²) in [6.07, 6.45) is -0.446. The Kier molecular flexibility index (Phi) is 10.2. The summed E-state index contributed by atoms with van der Waals surface area (Å²) in [5.41, 5.74) is 0. The van der Waals surface area contributed by atoms with Gasteiger partial charge in [-0.1, -0.05) is 24.3 Å². The van der Waals surface area contributed by atoms with Gasteiger partial charge in [0, 0.05) is 0 Å². The number of benzene rings is 2. The lowest BCUT2D eigenvalue weighted by Gasteiger charge is -2.21. The molecule has 0 fully saturated rings. The van der Waals surface area contributed by atoms with Crippen LogP contribution in [0, 0.1) is 0 Å². The van der Waals surface area contributed by atoms with Gasteiger partial charge in [0.25, 0.3) is 7.37 Å². The highest BCUT2D eigenvalue weighted by Crippen LogP contribution is 2.44. The number of ether oxygens (including phenoxy) is 6. The van der Waals surface area contributed by atoms with Crippen LogP contribution in [0.3, 0.4) is 0 Å². The second kappa shape index (κ2) is 13.1. The third-order valence-corrected chi connectivity index (χ3v) is 7.01. The number of para-hydroxylation sites is 2. The molecule has 1 aliphatic rings. The molecule has 2 aromatic rings. The fourth-order valence-corrected chi connectivity index (χ4v) is 4.95. The predicted octanol–water partition coefficient (Wildman–Crippen LogP) is 2.52. The third-order valence-electron chi connectivity index (χ3n) is 4.96. The van der Waals surface area contributed by atoms with E-state index in [4.69, 9.17) is 28.4 Å². The summed E-state index contributed by atoms with van der Waals surface area (Å²) in [7, 11) is -4.01. The van der Waals surface area contributed by atoms with Gasteiger partial charge in [-0.2, -0.15) is 0 Å². The van der Waals surface area contributed by atoms with E-state index in [0.717, 1.165) is 0 Å². The summed E-state index contributed by atoms with van der Waals surface area (Å²) < 4.78 is 47.9. The molecule has 0 spiro atoms. The Morgan fingerprint density at radius 2 is 1.09 bits per heavy atom. The molecule has 1 N–H and O–H groups in total. The number of hydrogen-bond acceptors (Lipinski definition) is 7. The Morgan fingerprint density at radius 3 is 1.55 bits per heavy atom. The minimum atomic E-state index is -4.01. The first-order valence-electron chi connectivity index (χ1n) is 11.1. The molecule has 0 unspecified atom stereocenters. The maximum absolute atomic E-state index is 13.7. The highest BCUT2D eigenvalue weighted by Gasteiger charge is 2.31. The molecule has 0 aromatic heterocycles. The summed E-state index contributed by atoms with van der Waals surface area (Å²) in [5.74, 6) is 0.675. The molecule has 1 heterocycles. The molecular formula is C24H33O8P. The Bertz CT molecular complexity index is 836. The summed E-state index contributed by atoms with van der Waals surface area (Å²) in [4.78, 5) is 11.2. The van der Waals surface area contributed by atoms with Gasteiger partial charge in [-0.05, 0) is 38.1 Å². The molecular weight excluding hydrogens is 447 g/mol. The van der Waals surface area contributed by atoms with Gasteiger partial charge in [0.1, 0.15) is 24.7 Å². The van der Waals surface area contributed by atoms with E-state index >= 15 is 0 Å². The first kappa shape index (κ1) is 25.7. The SMILES string of the molecule is C[C@H]1COc2ccccc2P(=O)(O)c2ccccc2OC[C@H](C)OCCOCCOCCO1. The fraction of sp³-hybridized carbons (Fsp3) is 0.500. The highest BCUT2D eigenvalue weighted by atomic mass is 31.2. The lowest BCUT2D eigenvalue weighted by atomic mass is 10.3. The molecule has 3 rings (SSSR count). The predicted molar refractivity (Wildman–Crippen MR) is 125 cm³/mol. The standard InChI is InChI=1S/C24H33O8P/c1-19-17-31-21-7-3-5-9-23(21)33(25,26)24-10-6-4-8-22(24)32-18-20(2)30-16-14-28-12-11-27-13-15-29-19/h3-10,19-20H,11-18H2,1-2H3,(H,25,26)/t19-,20-/m0/s1. The van der Waals surface area contributed by atoms with Crippen molar-refractivity contribution in [1.82, 2.24) is 0 Å². The molecule has 0 saturated heterocycles. The fourth-order valence-electron chi connectivity index (χ4n) is 3.24. The van der Waals surface area contributed by atoms with Gasteiger partial charge in [0.15, 0.2) is 0 Å². The van der Waals surface area contributed by atoms with Gasteiger partial charge in [-0.15, -0.1) is 0 Å². The Labute approximate surface area is 195 Å². The van der Waals surface area contributed by atoms with E-state index in [0.29, 0.717) is 51.1 Å². The van der Waals surface area contributed by atoms with Gasteiger partial charge in [0.05, 0.1) is 62.5 Å². The van der Waals surface area contributed by atoms with Crippen LogP contribution in [-0.2, 0) is 23.5 Å². The van der Waals surface area contributed by atoms with Crippen molar-refractivity contribution >= 4 is 18.0 Å². The van der Waals surface area contributed by atoms with Crippen molar-refractivity contribution in [3.8, 4) is 11.5 Å². The van der Waals surface area contributed by atoms with Crippen LogP contribution >= 0.6 is 7.37 Å². The lowest BCUT2D eigenvalue weighted by Crippen LogP contribution is -2.25. The minimum Gasteiger partial charge on any atom is -0.490 e. The number of rotatable bonds is 0. The van der Waals surface area contributed by atoms with E-state index in [-0.39, 0.29) is 36.0 Å². The van der Waals surface area contributed by atoms with E-state index in [9.17, 15) is 9.46 Å². The maximum Gasteiger partial charge on any atom is 0.266 e. The molecule has 182 valence electrons. The van der Waals surface area contributed by atoms with Crippen LogP contribution in [-0.4, -0.2) is 70.0 Å². The molecule has 0 radical (unpaired) electrons. The smallest absolute Gasteiger partial charge is 0.266 e. The zero-order valence-electron chi connectivity index (χ0n) is 19.2. The quantitative estimate of drug-likeness (QED) is 0.576. The van der Waals surface area contributed by atoms with Gasteiger partial charge >= 0.3 is 0 Å². The van der Waals surface area contributed by atoms with Gasteiger partial charge in [-0.25, -0.2) is 0 Å². The van der Waals surface area contributed by atoms with Crippen molar-refractivity contribution in [3.63, 3.8) is 0 Å². The Hall–Kier alpha value is -1.93. The van der Waals surface area contributed by atoms with E-state index in [2.05, 4.69) is 0 Å². The first-order valence-corrected chi connectivity index (χ1v) is 12.8. The van der Waals surface area contributed by atoms with Crippen LogP contribution in [0.5, 0.6) is 11.5 Å². The summed E-state index contributed by atoms with van der Waals surface area (Å²) >= 11 is 0. The van der Waals surface area contributed by atoms with Crippen LogP contribution < -0.4 is 20.1 Å². The molecule has 0 bridgehead atoms. The van der Waals surface area contributed by atoms with Crippen LogP contribution in [0.15, 0.2) is 48.5 Å². The second-order valence-corrected chi connectivity index (χ2v) is 9.84. The largest absolute Gasteiger partial charge is 0.490 e. The van der Waals surface area contributed by atoms with Crippen molar-refractivity contribution in [2.45, 2.75) is 26.1 Å². The lowest BCUT2D eigenvalue weighted by molar-refractivity contribution is -0.0333. The van der Waals surface area contributed by atoms with Crippen LogP contribution in [0.1, 0.15) is 13.8 Å². The molecule has 33 heavy (non-hydrogen) atoms. The van der Waals surface area contributed by atoms with Crippen molar-refractivity contribution in [2.24, 2.45) is 0 Å². The minimum absolute atomic E-state index is 0.212. The van der Waals surface area contributed by atoms with Crippen molar-refractivity contribution < 1.29 is 37.9 Å². The molecule has 8 nitrogen and oxygen atoms in total. The monoisotopic (exact) mass is 480 g/mol. The van der Waals surface area contributed by atoms with Gasteiger partial charge in [0.2, 0.25) is 0 Å². The second-order valence-electron chi connectivity index (χ2n) is 7.72. The zero-order chi connectivity index (χ0) is 23.5. The van der Waals surface area contributed by atoms with Gasteiger partial charge in [-0.3, -0.25) is 4.57 Å². The Balaban J connectivity index is 1.82. The maximum atomic E-state index is 13.7. The van der Waals surface area contributed by atoms with Crippen LogP contribution in [0.4, 0.5) is 0 Å². The highest BCUT2D eigenvalue weighted by molar-refractivity contribution is 7.73. The number of hydrogen-bond donors (Lipinski definition) is 1. The van der Waals surface area contributed by atoms with Crippen molar-refractivity contribution in [2.75, 3.05) is 52.9 Å². The number of fused-ring (bicyclic) bond motifs is 2. The van der Waals surface area contributed by atoms with Crippen molar-refractivity contribution in [1.29, 1.82) is 0 Å². The average molecular weight is 480 g/mol. The van der Waals surface area contributed by atoms with Crippen molar-refractivity contribution in [3.05, 3.63) is 48.5 Å². The molecule has 2 atom stereocenters. The first-order chi connectivity index (χ1) is 16.0. The molecule has 0 aliphatic carbocycles. The van der Waals surface area contributed by atoms with Gasteiger partial charge < -0.3 is 33.3 Å². The van der Waals surface area contributed by atoms with E-state index in [1.807, 2.05) is 13.8 Å². The molecule has 1 aliphatic heterocycles. The van der Waals surface area contributed by atoms with E-state index in [1.165, 1.54) is 0 Å². The zero-order valence-corrected chi connectivity index (χ0v) is 20.1. The van der Waals surface area contributed by atoms with E-state index < -0.39 is 7.37 Å². The normalized spacial score (nSPS) is 23.6. The summed E-state index contributed by atoms with van der Waals surface area (Å²) in [6.45, 7) is 6.88. The van der Waals surface area contributed by atoms with E-state index in [1.54, 1.807) is 48.5 Å². The summed E-state index contributed by atoms with van der Waals surface area (Å²) in [5, 5.41) is 0.424. The third kappa shape index (κ3) is 7.81. The molecule has 2 aromatic carbocycles. The molecule has 0 saturated carbocycles.